The lowest BCUT2D eigenvalue weighted by Crippen LogP contribution is -2.10. The highest BCUT2D eigenvalue weighted by Crippen LogP contribution is 2.36. The Hall–Kier alpha value is -1.80. The molecule has 0 spiro atoms. The van der Waals surface area contributed by atoms with Crippen LogP contribution in [-0.4, -0.2) is 12.2 Å². The first-order valence-corrected chi connectivity index (χ1v) is 6.74. The van der Waals surface area contributed by atoms with Crippen molar-refractivity contribution in [2.24, 2.45) is 0 Å². The zero-order valence-corrected chi connectivity index (χ0v) is 11.1. The lowest BCUT2D eigenvalue weighted by atomic mass is 9.84. The van der Waals surface area contributed by atoms with Crippen LogP contribution in [0.1, 0.15) is 30.1 Å². The summed E-state index contributed by atoms with van der Waals surface area (Å²) < 4.78 is 5.29. The van der Waals surface area contributed by atoms with Crippen LogP contribution in [0.2, 0.25) is 0 Å². The minimum atomic E-state index is -0.311. The maximum Gasteiger partial charge on any atom is 0.119 e. The van der Waals surface area contributed by atoms with E-state index >= 15 is 0 Å². The van der Waals surface area contributed by atoms with Crippen LogP contribution in [0, 0.1) is 0 Å². The van der Waals surface area contributed by atoms with Crippen molar-refractivity contribution >= 4 is 0 Å². The molecule has 0 fully saturated rings. The predicted molar refractivity (Wildman–Crippen MR) is 76.3 cm³/mol. The van der Waals surface area contributed by atoms with Crippen LogP contribution in [0.5, 0.6) is 5.75 Å². The third-order valence-electron chi connectivity index (χ3n) is 3.86. The van der Waals surface area contributed by atoms with Gasteiger partial charge in [0.2, 0.25) is 0 Å². The molecule has 0 saturated heterocycles. The van der Waals surface area contributed by atoms with Crippen molar-refractivity contribution in [3.63, 3.8) is 0 Å². The molecule has 19 heavy (non-hydrogen) atoms. The number of rotatable bonds is 2. The van der Waals surface area contributed by atoms with Crippen LogP contribution in [0.4, 0.5) is 0 Å². The van der Waals surface area contributed by atoms with Crippen molar-refractivity contribution in [1.82, 2.24) is 0 Å². The normalized spacial score (nSPS) is 17.9. The molecule has 0 heterocycles. The summed E-state index contributed by atoms with van der Waals surface area (Å²) in [6.45, 7) is 0. The average molecular weight is 254 g/mol. The van der Waals surface area contributed by atoms with Gasteiger partial charge < -0.3 is 9.84 Å². The molecule has 1 atom stereocenters. The number of hydrogen-bond donors (Lipinski definition) is 1. The van der Waals surface area contributed by atoms with Gasteiger partial charge in [-0.15, -0.1) is 0 Å². The molecule has 2 aromatic rings. The second kappa shape index (κ2) is 5.06. The quantitative estimate of drug-likeness (QED) is 0.884. The topological polar surface area (TPSA) is 29.5 Å². The van der Waals surface area contributed by atoms with E-state index in [-0.39, 0.29) is 6.10 Å². The van der Waals surface area contributed by atoms with Gasteiger partial charge in [0, 0.05) is 0 Å². The van der Waals surface area contributed by atoms with Crippen LogP contribution in [0.15, 0.2) is 42.5 Å². The van der Waals surface area contributed by atoms with E-state index in [1.54, 1.807) is 7.11 Å². The summed E-state index contributed by atoms with van der Waals surface area (Å²) in [5, 5.41) is 10.1. The second-order valence-electron chi connectivity index (χ2n) is 5.01. The van der Waals surface area contributed by atoms with Crippen molar-refractivity contribution in [1.29, 1.82) is 0 Å². The Kier molecular flexibility index (Phi) is 3.26. The zero-order valence-electron chi connectivity index (χ0n) is 11.1. The number of hydrogen-bond acceptors (Lipinski definition) is 2. The average Bonchev–Trinajstić information content (AvgIpc) is 2.47. The first-order chi connectivity index (χ1) is 9.29. The minimum Gasteiger partial charge on any atom is -0.497 e. The summed E-state index contributed by atoms with van der Waals surface area (Å²) in [4.78, 5) is 0. The van der Waals surface area contributed by atoms with Crippen molar-refractivity contribution < 1.29 is 9.84 Å². The third-order valence-corrected chi connectivity index (χ3v) is 3.86. The Morgan fingerprint density at radius 2 is 2.00 bits per heavy atom. The number of methoxy groups -OCH3 is 1. The molecule has 0 amide bonds. The van der Waals surface area contributed by atoms with E-state index in [1.165, 1.54) is 11.1 Å². The molecular formula is C17H18O2. The monoisotopic (exact) mass is 254 g/mol. The van der Waals surface area contributed by atoms with E-state index in [0.717, 1.165) is 36.1 Å². The number of benzene rings is 2. The summed E-state index contributed by atoms with van der Waals surface area (Å²) >= 11 is 0. The molecule has 2 heteroatoms. The SMILES string of the molecule is COc1cccc(-c2cccc3c2CCCC3O)c1. The van der Waals surface area contributed by atoms with Crippen LogP contribution in [-0.2, 0) is 6.42 Å². The van der Waals surface area contributed by atoms with Crippen molar-refractivity contribution in [2.45, 2.75) is 25.4 Å². The van der Waals surface area contributed by atoms with Gasteiger partial charge in [-0.3, -0.25) is 0 Å². The lowest BCUT2D eigenvalue weighted by molar-refractivity contribution is 0.156. The highest BCUT2D eigenvalue weighted by molar-refractivity contribution is 5.70. The van der Waals surface area contributed by atoms with Gasteiger partial charge in [0.25, 0.3) is 0 Å². The Morgan fingerprint density at radius 1 is 1.16 bits per heavy atom. The maximum atomic E-state index is 10.1. The van der Waals surface area contributed by atoms with Gasteiger partial charge in [-0.2, -0.15) is 0 Å². The maximum absolute atomic E-state index is 10.1. The van der Waals surface area contributed by atoms with Crippen LogP contribution in [0.3, 0.4) is 0 Å². The van der Waals surface area contributed by atoms with Gasteiger partial charge in [0.1, 0.15) is 5.75 Å². The van der Waals surface area contributed by atoms with Gasteiger partial charge in [0.15, 0.2) is 0 Å². The van der Waals surface area contributed by atoms with Crippen molar-refractivity contribution in [2.75, 3.05) is 7.11 Å². The molecule has 1 aliphatic rings. The first-order valence-electron chi connectivity index (χ1n) is 6.74. The summed E-state index contributed by atoms with van der Waals surface area (Å²) in [5.74, 6) is 0.867. The molecule has 2 nitrogen and oxygen atoms in total. The Bertz CT molecular complexity index is 590. The number of aliphatic hydroxyl groups excluding tert-OH is 1. The second-order valence-corrected chi connectivity index (χ2v) is 5.01. The molecule has 98 valence electrons. The summed E-state index contributed by atoms with van der Waals surface area (Å²) in [7, 11) is 1.68. The van der Waals surface area contributed by atoms with Crippen molar-refractivity contribution in [3.8, 4) is 16.9 Å². The molecule has 1 unspecified atom stereocenters. The minimum absolute atomic E-state index is 0.311. The Labute approximate surface area is 113 Å². The molecule has 0 radical (unpaired) electrons. The van der Waals surface area contributed by atoms with E-state index in [9.17, 15) is 5.11 Å². The summed E-state index contributed by atoms with van der Waals surface area (Å²) in [6.07, 6.45) is 2.65. The van der Waals surface area contributed by atoms with Crippen LogP contribution >= 0.6 is 0 Å². The number of fused-ring (bicyclic) bond motifs is 1. The van der Waals surface area contributed by atoms with E-state index in [1.807, 2.05) is 24.3 Å². The molecule has 1 N–H and O–H groups in total. The molecule has 2 aromatic carbocycles. The van der Waals surface area contributed by atoms with E-state index in [2.05, 4.69) is 18.2 Å². The fourth-order valence-electron chi connectivity index (χ4n) is 2.88. The smallest absolute Gasteiger partial charge is 0.119 e. The summed E-state index contributed by atoms with van der Waals surface area (Å²) in [6, 6.07) is 14.3. The number of ether oxygens (including phenoxy) is 1. The fourth-order valence-corrected chi connectivity index (χ4v) is 2.88. The van der Waals surface area contributed by atoms with Gasteiger partial charge in [0.05, 0.1) is 13.2 Å². The Balaban J connectivity index is 2.12. The molecule has 0 saturated carbocycles. The third kappa shape index (κ3) is 2.24. The Morgan fingerprint density at radius 3 is 2.84 bits per heavy atom. The highest BCUT2D eigenvalue weighted by Gasteiger charge is 2.20. The van der Waals surface area contributed by atoms with E-state index in [4.69, 9.17) is 4.74 Å². The molecule has 0 aromatic heterocycles. The largest absolute Gasteiger partial charge is 0.497 e. The predicted octanol–water partition coefficient (Wildman–Crippen LogP) is 3.73. The zero-order chi connectivity index (χ0) is 13.2. The molecule has 1 aliphatic carbocycles. The lowest BCUT2D eigenvalue weighted by Gasteiger charge is -2.24. The van der Waals surface area contributed by atoms with Gasteiger partial charge in [-0.1, -0.05) is 30.3 Å². The van der Waals surface area contributed by atoms with Crippen LogP contribution < -0.4 is 4.74 Å². The van der Waals surface area contributed by atoms with Gasteiger partial charge in [-0.25, -0.2) is 0 Å². The summed E-state index contributed by atoms with van der Waals surface area (Å²) in [5.41, 5.74) is 4.75. The highest BCUT2D eigenvalue weighted by atomic mass is 16.5. The molecule has 3 rings (SSSR count). The molecule has 0 aliphatic heterocycles. The van der Waals surface area contributed by atoms with Crippen LogP contribution in [0.25, 0.3) is 11.1 Å². The molecule has 0 bridgehead atoms. The van der Waals surface area contributed by atoms with Crippen molar-refractivity contribution in [3.05, 3.63) is 53.6 Å². The van der Waals surface area contributed by atoms with E-state index in [0.29, 0.717) is 0 Å². The van der Waals surface area contributed by atoms with Gasteiger partial charge in [-0.05, 0) is 53.6 Å². The van der Waals surface area contributed by atoms with Gasteiger partial charge >= 0.3 is 0 Å². The fraction of sp³-hybridized carbons (Fsp3) is 0.294. The molecular weight excluding hydrogens is 236 g/mol. The number of aliphatic hydroxyl groups is 1. The first kappa shape index (κ1) is 12.2. The van der Waals surface area contributed by atoms with E-state index < -0.39 is 0 Å². The standard InChI is InChI=1S/C17H18O2/c1-19-13-6-2-5-12(11-13)14-7-3-9-16-15(14)8-4-10-17(16)18/h2-3,5-7,9,11,17-18H,4,8,10H2,1H3.